The molecule has 6 nitrogen and oxygen atoms in total. The molecule has 4 rings (SSSR count). The number of pyridine rings is 2. The number of hydrogen-bond donors (Lipinski definition) is 0. The first-order valence-corrected chi connectivity index (χ1v) is 10.6. The number of anilines is 1. The Hall–Kier alpha value is -3.67. The topological polar surface area (TPSA) is 60.2 Å². The number of aryl methyl sites for hydroxylation is 1. The smallest absolute Gasteiger partial charge is 0.419 e. The van der Waals surface area contributed by atoms with Crippen molar-refractivity contribution in [2.45, 2.75) is 33.3 Å². The van der Waals surface area contributed by atoms with Gasteiger partial charge in [0, 0.05) is 43.1 Å². The van der Waals surface area contributed by atoms with Crippen molar-refractivity contribution in [3.63, 3.8) is 0 Å². The highest BCUT2D eigenvalue weighted by Gasteiger charge is 2.23. The molecule has 0 saturated carbocycles. The molecule has 0 amide bonds. The Morgan fingerprint density at radius 3 is 2.28 bits per heavy atom. The van der Waals surface area contributed by atoms with Gasteiger partial charge in [-0.3, -0.25) is 4.98 Å². The van der Waals surface area contributed by atoms with E-state index in [0.29, 0.717) is 0 Å². The van der Waals surface area contributed by atoms with Crippen LogP contribution in [0, 0.1) is 6.92 Å². The highest BCUT2D eigenvalue weighted by molar-refractivity contribution is 5.98. The Morgan fingerprint density at radius 2 is 1.59 bits per heavy atom. The first-order valence-electron chi connectivity index (χ1n) is 10.6. The molecule has 0 aliphatic rings. The van der Waals surface area contributed by atoms with E-state index in [2.05, 4.69) is 22.1 Å². The van der Waals surface area contributed by atoms with Gasteiger partial charge < -0.3 is 9.64 Å². The van der Waals surface area contributed by atoms with E-state index >= 15 is 0 Å². The summed E-state index contributed by atoms with van der Waals surface area (Å²) in [7, 11) is 3.94. The lowest BCUT2D eigenvalue weighted by Crippen LogP contribution is -2.27. The summed E-state index contributed by atoms with van der Waals surface area (Å²) in [5.74, 6) is 0.891. The molecule has 164 valence electrons. The number of carbonyl (C=O) groups excluding carboxylic acids is 1. The van der Waals surface area contributed by atoms with Gasteiger partial charge in [-0.25, -0.2) is 14.3 Å². The summed E-state index contributed by atoms with van der Waals surface area (Å²) in [5.41, 5.74) is 4.91. The van der Waals surface area contributed by atoms with Gasteiger partial charge in [-0.15, -0.1) is 0 Å². The summed E-state index contributed by atoms with van der Waals surface area (Å²) in [6.07, 6.45) is 3.17. The van der Waals surface area contributed by atoms with Gasteiger partial charge in [0.05, 0.1) is 11.2 Å². The second-order valence-electron chi connectivity index (χ2n) is 9.10. The van der Waals surface area contributed by atoms with E-state index < -0.39 is 11.7 Å². The number of rotatable bonds is 3. The van der Waals surface area contributed by atoms with E-state index in [1.165, 1.54) is 0 Å². The molecule has 0 saturated heterocycles. The number of nitrogens with zero attached hydrogens (tertiary/aromatic N) is 4. The van der Waals surface area contributed by atoms with E-state index in [1.54, 1.807) is 10.8 Å². The van der Waals surface area contributed by atoms with Crippen LogP contribution in [0.4, 0.5) is 10.6 Å². The van der Waals surface area contributed by atoms with Crippen LogP contribution in [0.1, 0.15) is 26.5 Å². The fourth-order valence-corrected chi connectivity index (χ4v) is 3.66. The van der Waals surface area contributed by atoms with Gasteiger partial charge in [0.15, 0.2) is 0 Å². The summed E-state index contributed by atoms with van der Waals surface area (Å²) in [5, 5.41) is 0.959. The number of ether oxygens (including phenoxy) is 1. The molecule has 0 unspecified atom stereocenters. The van der Waals surface area contributed by atoms with Gasteiger partial charge in [-0.05, 0) is 81.3 Å². The Labute approximate surface area is 188 Å². The highest BCUT2D eigenvalue weighted by atomic mass is 16.6. The first kappa shape index (κ1) is 21.6. The van der Waals surface area contributed by atoms with Crippen molar-refractivity contribution in [1.29, 1.82) is 0 Å². The summed E-state index contributed by atoms with van der Waals surface area (Å²) in [6.45, 7) is 7.55. The Kier molecular flexibility index (Phi) is 5.46. The average Bonchev–Trinajstić information content (AvgIpc) is 3.11. The zero-order valence-corrected chi connectivity index (χ0v) is 19.4. The molecule has 0 N–H and O–H groups in total. The minimum absolute atomic E-state index is 0.400. The van der Waals surface area contributed by atoms with Crippen LogP contribution in [0.2, 0.25) is 0 Å². The van der Waals surface area contributed by atoms with Gasteiger partial charge in [0.2, 0.25) is 0 Å². The van der Waals surface area contributed by atoms with E-state index in [9.17, 15) is 4.79 Å². The van der Waals surface area contributed by atoms with Gasteiger partial charge in [0.1, 0.15) is 11.4 Å². The molecule has 0 aliphatic carbocycles. The SMILES string of the molecule is Cc1cc(-c2cc3cc(-c4ccnc(N(C)C)c4)ccc3n2C(=O)OC(C)(C)C)ccn1. The molecule has 0 bridgehead atoms. The van der Waals surface area contributed by atoms with Gasteiger partial charge in [0.25, 0.3) is 0 Å². The van der Waals surface area contributed by atoms with Crippen molar-refractivity contribution in [2.75, 3.05) is 19.0 Å². The predicted octanol–water partition coefficient (Wildman–Crippen LogP) is 5.92. The molecule has 0 atom stereocenters. The molecule has 0 radical (unpaired) electrons. The third kappa shape index (κ3) is 4.35. The lowest BCUT2D eigenvalue weighted by Gasteiger charge is -2.21. The van der Waals surface area contributed by atoms with E-state index in [0.717, 1.165) is 44.8 Å². The summed E-state index contributed by atoms with van der Waals surface area (Å²) in [6, 6.07) is 16.1. The second-order valence-corrected chi connectivity index (χ2v) is 9.10. The molecular formula is C26H28N4O2. The third-order valence-electron chi connectivity index (χ3n) is 5.11. The molecule has 32 heavy (non-hydrogen) atoms. The minimum atomic E-state index is -0.599. The minimum Gasteiger partial charge on any atom is -0.443 e. The van der Waals surface area contributed by atoms with Crippen LogP contribution in [0.5, 0.6) is 0 Å². The molecule has 3 heterocycles. The van der Waals surface area contributed by atoms with Crippen LogP contribution < -0.4 is 4.90 Å². The number of aromatic nitrogens is 3. The summed E-state index contributed by atoms with van der Waals surface area (Å²) < 4.78 is 7.38. The number of benzene rings is 1. The molecule has 3 aromatic heterocycles. The quantitative estimate of drug-likeness (QED) is 0.405. The van der Waals surface area contributed by atoms with Crippen molar-refractivity contribution in [1.82, 2.24) is 14.5 Å². The number of carbonyl (C=O) groups is 1. The molecular weight excluding hydrogens is 400 g/mol. The van der Waals surface area contributed by atoms with Crippen LogP contribution in [-0.4, -0.2) is 40.3 Å². The second kappa shape index (κ2) is 8.11. The predicted molar refractivity (Wildman–Crippen MR) is 129 cm³/mol. The van der Waals surface area contributed by atoms with E-state index in [-0.39, 0.29) is 0 Å². The normalized spacial score (nSPS) is 11.6. The zero-order chi connectivity index (χ0) is 23.0. The summed E-state index contributed by atoms with van der Waals surface area (Å²) >= 11 is 0. The number of fused-ring (bicyclic) bond motifs is 1. The summed E-state index contributed by atoms with van der Waals surface area (Å²) in [4.78, 5) is 23.9. The fourth-order valence-electron chi connectivity index (χ4n) is 3.66. The standard InChI is InChI=1S/C26H28N4O2/c1-17-13-20(10-11-27-17)23-15-21-14-18(19-9-12-28-24(16-19)29(5)6)7-8-22(21)30(23)25(31)32-26(2,3)4/h7-16H,1-6H3. The zero-order valence-electron chi connectivity index (χ0n) is 19.4. The molecule has 1 aromatic carbocycles. The fraction of sp³-hybridized carbons (Fsp3) is 0.269. The van der Waals surface area contributed by atoms with Crippen molar-refractivity contribution in [2.24, 2.45) is 0 Å². The molecule has 0 aliphatic heterocycles. The molecule has 4 aromatic rings. The molecule has 0 fully saturated rings. The average molecular weight is 429 g/mol. The van der Waals surface area contributed by atoms with Crippen molar-refractivity contribution < 1.29 is 9.53 Å². The van der Waals surface area contributed by atoms with Gasteiger partial charge >= 0.3 is 6.09 Å². The maximum Gasteiger partial charge on any atom is 0.419 e. The maximum absolute atomic E-state index is 13.2. The Balaban J connectivity index is 1.89. The van der Waals surface area contributed by atoms with Crippen LogP contribution in [0.3, 0.4) is 0 Å². The first-order chi connectivity index (χ1) is 15.1. The van der Waals surface area contributed by atoms with Crippen molar-refractivity contribution >= 4 is 22.8 Å². The van der Waals surface area contributed by atoms with Crippen LogP contribution >= 0.6 is 0 Å². The van der Waals surface area contributed by atoms with E-state index in [1.807, 2.05) is 89.3 Å². The highest BCUT2D eigenvalue weighted by Crippen LogP contribution is 2.33. The molecule has 6 heteroatoms. The number of hydrogen-bond acceptors (Lipinski definition) is 5. The Morgan fingerprint density at radius 1 is 0.906 bits per heavy atom. The van der Waals surface area contributed by atoms with Crippen molar-refractivity contribution in [3.05, 3.63) is 66.6 Å². The Bertz CT molecular complexity index is 1300. The van der Waals surface area contributed by atoms with Gasteiger partial charge in [-0.1, -0.05) is 6.07 Å². The van der Waals surface area contributed by atoms with Crippen LogP contribution in [-0.2, 0) is 4.74 Å². The van der Waals surface area contributed by atoms with Crippen LogP contribution in [0.15, 0.2) is 60.9 Å². The largest absolute Gasteiger partial charge is 0.443 e. The van der Waals surface area contributed by atoms with E-state index in [4.69, 9.17) is 4.74 Å². The van der Waals surface area contributed by atoms with Gasteiger partial charge in [-0.2, -0.15) is 0 Å². The lowest BCUT2D eigenvalue weighted by atomic mass is 10.0. The third-order valence-corrected chi connectivity index (χ3v) is 5.11. The maximum atomic E-state index is 13.2. The van der Waals surface area contributed by atoms with Crippen molar-refractivity contribution in [3.8, 4) is 22.4 Å². The lowest BCUT2D eigenvalue weighted by molar-refractivity contribution is 0.0547. The molecule has 0 spiro atoms. The van der Waals surface area contributed by atoms with Crippen LogP contribution in [0.25, 0.3) is 33.3 Å². The monoisotopic (exact) mass is 428 g/mol.